The summed E-state index contributed by atoms with van der Waals surface area (Å²) in [5.74, 6) is -0.703. The summed E-state index contributed by atoms with van der Waals surface area (Å²) in [5.41, 5.74) is 0. The van der Waals surface area contributed by atoms with E-state index in [9.17, 15) is 18.0 Å². The maximum absolute atomic E-state index is 11.9. The van der Waals surface area contributed by atoms with Crippen molar-refractivity contribution < 1.29 is 23.1 Å². The van der Waals surface area contributed by atoms with Crippen LogP contribution in [0.25, 0.3) is 0 Å². The van der Waals surface area contributed by atoms with E-state index in [0.29, 0.717) is 6.42 Å². The summed E-state index contributed by atoms with van der Waals surface area (Å²) < 4.78 is 35.8. The Balaban J connectivity index is 3.04. The van der Waals surface area contributed by atoms with Gasteiger partial charge in [0.1, 0.15) is 0 Å². The first-order valence-corrected chi connectivity index (χ1v) is 9.20. The Bertz CT molecular complexity index is 278. The number of alkyl halides is 3. The number of carboxylic acids is 1. The van der Waals surface area contributed by atoms with Gasteiger partial charge in [-0.15, -0.1) is 0 Å². The lowest BCUT2D eigenvalue weighted by atomic mass is 10.0. The number of unbranched alkanes of at least 4 members (excludes halogenated alkanes) is 13. The molecule has 0 fully saturated rings. The smallest absolute Gasteiger partial charge is 0.389 e. The third-order valence-electron chi connectivity index (χ3n) is 4.10. The zero-order valence-corrected chi connectivity index (χ0v) is 14.3. The molecule has 0 aromatic rings. The van der Waals surface area contributed by atoms with Crippen molar-refractivity contribution in [3.8, 4) is 0 Å². The summed E-state index contributed by atoms with van der Waals surface area (Å²) in [4.78, 5) is 10.3. The lowest BCUT2D eigenvalue weighted by Gasteiger charge is -2.05. The standard InChI is InChI=1S/C18H33F3O2/c19-18(20,21)16-14-12-10-8-6-4-2-1-3-5-7-9-11-13-15-17(22)23/h1-16H2,(H,22,23). The summed E-state index contributed by atoms with van der Waals surface area (Å²) in [6.07, 6.45) is 10.0. The summed E-state index contributed by atoms with van der Waals surface area (Å²) in [7, 11) is 0. The van der Waals surface area contributed by atoms with Gasteiger partial charge in [-0.05, 0) is 12.8 Å². The van der Waals surface area contributed by atoms with Crippen molar-refractivity contribution in [1.82, 2.24) is 0 Å². The number of halogens is 3. The van der Waals surface area contributed by atoms with E-state index in [2.05, 4.69) is 0 Å². The molecular weight excluding hydrogens is 305 g/mol. The first-order chi connectivity index (χ1) is 10.9. The predicted molar refractivity (Wildman–Crippen MR) is 87.6 cm³/mol. The van der Waals surface area contributed by atoms with E-state index in [4.69, 9.17) is 5.11 Å². The summed E-state index contributed by atoms with van der Waals surface area (Å²) >= 11 is 0. The molecule has 0 spiro atoms. The number of aliphatic carboxylic acids is 1. The molecule has 23 heavy (non-hydrogen) atoms. The van der Waals surface area contributed by atoms with Crippen LogP contribution in [0.2, 0.25) is 0 Å². The highest BCUT2D eigenvalue weighted by molar-refractivity contribution is 5.66. The Kier molecular flexibility index (Phi) is 14.4. The molecule has 0 aliphatic carbocycles. The molecule has 0 atom stereocenters. The van der Waals surface area contributed by atoms with Gasteiger partial charge >= 0.3 is 12.1 Å². The van der Waals surface area contributed by atoms with E-state index in [0.717, 1.165) is 38.5 Å². The van der Waals surface area contributed by atoms with Crippen LogP contribution in [0.15, 0.2) is 0 Å². The van der Waals surface area contributed by atoms with E-state index in [-0.39, 0.29) is 12.8 Å². The molecule has 138 valence electrons. The monoisotopic (exact) mass is 338 g/mol. The molecule has 2 nitrogen and oxygen atoms in total. The summed E-state index contributed by atoms with van der Waals surface area (Å²) in [5, 5.41) is 8.50. The number of carboxylic acid groups (broad SMARTS) is 1. The van der Waals surface area contributed by atoms with E-state index in [1.54, 1.807) is 0 Å². The van der Waals surface area contributed by atoms with Gasteiger partial charge in [0.2, 0.25) is 0 Å². The number of hydrogen-bond donors (Lipinski definition) is 1. The lowest BCUT2D eigenvalue weighted by Crippen LogP contribution is -2.06. The van der Waals surface area contributed by atoms with Gasteiger partial charge in [0.25, 0.3) is 0 Å². The van der Waals surface area contributed by atoms with Crippen molar-refractivity contribution in [2.75, 3.05) is 0 Å². The third-order valence-corrected chi connectivity index (χ3v) is 4.10. The number of hydrogen-bond acceptors (Lipinski definition) is 1. The van der Waals surface area contributed by atoms with Gasteiger partial charge in [-0.2, -0.15) is 13.2 Å². The highest BCUT2D eigenvalue weighted by Crippen LogP contribution is 2.23. The zero-order valence-electron chi connectivity index (χ0n) is 14.3. The quantitative estimate of drug-likeness (QED) is 0.312. The number of rotatable bonds is 16. The first kappa shape index (κ1) is 22.3. The molecule has 0 aromatic heterocycles. The Hall–Kier alpha value is -0.740. The molecule has 0 saturated heterocycles. The van der Waals surface area contributed by atoms with Crippen LogP contribution in [0.5, 0.6) is 0 Å². The molecule has 1 N–H and O–H groups in total. The minimum absolute atomic E-state index is 0.274. The van der Waals surface area contributed by atoms with Gasteiger partial charge in [-0.3, -0.25) is 4.79 Å². The van der Waals surface area contributed by atoms with Gasteiger partial charge in [-0.1, -0.05) is 77.0 Å². The van der Waals surface area contributed by atoms with E-state index >= 15 is 0 Å². The fourth-order valence-electron chi connectivity index (χ4n) is 2.72. The van der Waals surface area contributed by atoms with Gasteiger partial charge in [0, 0.05) is 12.8 Å². The fraction of sp³-hybridized carbons (Fsp3) is 0.944. The minimum atomic E-state index is -3.99. The van der Waals surface area contributed by atoms with Crippen molar-refractivity contribution in [2.24, 2.45) is 0 Å². The molecule has 5 heteroatoms. The van der Waals surface area contributed by atoms with E-state index < -0.39 is 18.6 Å². The van der Waals surface area contributed by atoms with Gasteiger partial charge in [0.15, 0.2) is 0 Å². The van der Waals surface area contributed by atoms with Crippen LogP contribution >= 0.6 is 0 Å². The maximum atomic E-state index is 11.9. The molecule has 0 bridgehead atoms. The van der Waals surface area contributed by atoms with Gasteiger partial charge in [0.05, 0.1) is 0 Å². The average molecular weight is 338 g/mol. The molecule has 0 rings (SSSR count). The van der Waals surface area contributed by atoms with E-state index in [1.165, 1.54) is 38.5 Å². The van der Waals surface area contributed by atoms with Crippen LogP contribution in [-0.2, 0) is 4.79 Å². The predicted octanol–water partition coefficient (Wildman–Crippen LogP) is 6.87. The average Bonchev–Trinajstić information content (AvgIpc) is 2.45. The largest absolute Gasteiger partial charge is 0.481 e. The molecule has 0 unspecified atom stereocenters. The second-order valence-electron chi connectivity index (χ2n) is 6.46. The highest BCUT2D eigenvalue weighted by Gasteiger charge is 2.25. The first-order valence-electron chi connectivity index (χ1n) is 9.20. The molecular formula is C18H33F3O2. The Morgan fingerprint density at radius 1 is 0.609 bits per heavy atom. The fourth-order valence-corrected chi connectivity index (χ4v) is 2.72. The Labute approximate surface area is 138 Å². The lowest BCUT2D eigenvalue weighted by molar-refractivity contribution is -0.137. The van der Waals surface area contributed by atoms with Gasteiger partial charge in [-0.25, -0.2) is 0 Å². The van der Waals surface area contributed by atoms with Crippen molar-refractivity contribution in [2.45, 2.75) is 109 Å². The second kappa shape index (κ2) is 14.8. The van der Waals surface area contributed by atoms with E-state index in [1.807, 2.05) is 0 Å². The Morgan fingerprint density at radius 2 is 0.913 bits per heavy atom. The SMILES string of the molecule is O=C(O)CCCCCCCCCCCCCCCCC(F)(F)F. The van der Waals surface area contributed by atoms with Crippen LogP contribution in [0, 0.1) is 0 Å². The van der Waals surface area contributed by atoms with Crippen LogP contribution in [-0.4, -0.2) is 17.3 Å². The molecule has 0 aliphatic heterocycles. The molecule has 0 amide bonds. The highest BCUT2D eigenvalue weighted by atomic mass is 19.4. The number of carbonyl (C=O) groups is 1. The molecule has 0 aromatic carbocycles. The minimum Gasteiger partial charge on any atom is -0.481 e. The maximum Gasteiger partial charge on any atom is 0.389 e. The van der Waals surface area contributed by atoms with Crippen LogP contribution in [0.1, 0.15) is 103 Å². The summed E-state index contributed by atoms with van der Waals surface area (Å²) in [6.45, 7) is 0. The Morgan fingerprint density at radius 3 is 1.22 bits per heavy atom. The van der Waals surface area contributed by atoms with Crippen LogP contribution < -0.4 is 0 Å². The van der Waals surface area contributed by atoms with Crippen LogP contribution in [0.3, 0.4) is 0 Å². The topological polar surface area (TPSA) is 37.3 Å². The third kappa shape index (κ3) is 21.3. The molecule has 0 aliphatic rings. The molecule has 0 radical (unpaired) electrons. The second-order valence-corrected chi connectivity index (χ2v) is 6.46. The van der Waals surface area contributed by atoms with Crippen molar-refractivity contribution in [3.05, 3.63) is 0 Å². The molecule has 0 saturated carbocycles. The summed E-state index contributed by atoms with van der Waals surface area (Å²) in [6, 6.07) is 0. The van der Waals surface area contributed by atoms with Crippen molar-refractivity contribution in [3.63, 3.8) is 0 Å². The van der Waals surface area contributed by atoms with Gasteiger partial charge < -0.3 is 5.11 Å². The normalized spacial score (nSPS) is 11.8. The van der Waals surface area contributed by atoms with Crippen molar-refractivity contribution in [1.29, 1.82) is 0 Å². The zero-order chi connectivity index (χ0) is 17.4. The van der Waals surface area contributed by atoms with Crippen LogP contribution in [0.4, 0.5) is 13.2 Å². The molecule has 0 heterocycles. The van der Waals surface area contributed by atoms with Crippen molar-refractivity contribution >= 4 is 5.97 Å².